The summed E-state index contributed by atoms with van der Waals surface area (Å²) in [4.78, 5) is 10.8. The molecule has 10 aromatic rings. The molecule has 0 atom stereocenters. The molecule has 0 spiro atoms. The van der Waals surface area contributed by atoms with Crippen LogP contribution in [-0.4, -0.2) is 14.5 Å². The predicted molar refractivity (Wildman–Crippen MR) is 187 cm³/mol. The summed E-state index contributed by atoms with van der Waals surface area (Å²) in [5, 5.41) is 5.58. The molecule has 0 saturated heterocycles. The van der Waals surface area contributed by atoms with Crippen molar-refractivity contribution < 1.29 is 4.42 Å². The van der Waals surface area contributed by atoms with Crippen LogP contribution in [0.2, 0.25) is 0 Å². The molecular weight excluding hydrogens is 571 g/mol. The quantitative estimate of drug-likeness (QED) is 0.205. The number of hydrogen-bond acceptors (Lipinski definition) is 4. The van der Waals surface area contributed by atoms with Crippen LogP contribution in [0.5, 0.6) is 0 Å². The molecular formula is C40H23N3OS. The fourth-order valence-corrected chi connectivity index (χ4v) is 7.94. The van der Waals surface area contributed by atoms with E-state index >= 15 is 0 Å². The first kappa shape index (κ1) is 24.6. The number of aromatic nitrogens is 3. The molecule has 0 amide bonds. The van der Waals surface area contributed by atoms with Gasteiger partial charge in [-0.05, 0) is 41.5 Å². The van der Waals surface area contributed by atoms with E-state index in [1.165, 1.54) is 10.3 Å². The molecule has 210 valence electrons. The summed E-state index contributed by atoms with van der Waals surface area (Å²) in [6.45, 7) is 0. The van der Waals surface area contributed by atoms with Gasteiger partial charge in [0, 0.05) is 37.2 Å². The van der Waals surface area contributed by atoms with Crippen LogP contribution in [-0.2, 0) is 0 Å². The molecule has 4 aromatic heterocycles. The van der Waals surface area contributed by atoms with Gasteiger partial charge >= 0.3 is 0 Å². The van der Waals surface area contributed by atoms with Crippen LogP contribution in [0.25, 0.3) is 92.4 Å². The topological polar surface area (TPSA) is 43.9 Å². The minimum Gasteiger partial charge on any atom is -0.454 e. The summed E-state index contributed by atoms with van der Waals surface area (Å²) in [5.74, 6) is 0.630. The Kier molecular flexibility index (Phi) is 5.12. The third kappa shape index (κ3) is 3.59. The first-order valence-corrected chi connectivity index (χ1v) is 15.8. The Morgan fingerprint density at radius 3 is 2.16 bits per heavy atom. The lowest BCUT2D eigenvalue weighted by atomic mass is 10.0. The summed E-state index contributed by atoms with van der Waals surface area (Å²) >= 11 is 1.75. The molecule has 0 fully saturated rings. The number of para-hydroxylation sites is 2. The molecule has 0 saturated carbocycles. The predicted octanol–water partition coefficient (Wildman–Crippen LogP) is 11.2. The van der Waals surface area contributed by atoms with E-state index in [2.05, 4.69) is 132 Å². The molecule has 5 heteroatoms. The Balaban J connectivity index is 1.34. The van der Waals surface area contributed by atoms with Crippen molar-refractivity contribution in [1.82, 2.24) is 14.5 Å². The fourth-order valence-electron chi connectivity index (χ4n) is 6.79. The molecule has 4 nitrogen and oxygen atoms in total. The first-order valence-electron chi connectivity index (χ1n) is 15.0. The largest absolute Gasteiger partial charge is 0.454 e. The van der Waals surface area contributed by atoms with Gasteiger partial charge in [0.05, 0.1) is 21.4 Å². The van der Waals surface area contributed by atoms with E-state index in [9.17, 15) is 0 Å². The van der Waals surface area contributed by atoms with Crippen LogP contribution in [0.3, 0.4) is 0 Å². The maximum Gasteiger partial charge on any atom is 0.236 e. The lowest BCUT2D eigenvalue weighted by Crippen LogP contribution is -2.03. The monoisotopic (exact) mass is 593 g/mol. The van der Waals surface area contributed by atoms with Gasteiger partial charge in [-0.25, -0.2) is 9.97 Å². The second kappa shape index (κ2) is 9.36. The number of rotatable bonds is 3. The summed E-state index contributed by atoms with van der Waals surface area (Å²) in [7, 11) is 0. The minimum atomic E-state index is 0.630. The van der Waals surface area contributed by atoms with Crippen LogP contribution in [0.4, 0.5) is 0 Å². The van der Waals surface area contributed by atoms with Crippen LogP contribution in [0.1, 0.15) is 0 Å². The van der Waals surface area contributed by atoms with Crippen LogP contribution < -0.4 is 0 Å². The molecule has 0 N–H and O–H groups in total. The molecule has 6 aromatic carbocycles. The average molecular weight is 594 g/mol. The zero-order valence-electron chi connectivity index (χ0n) is 23.9. The van der Waals surface area contributed by atoms with Gasteiger partial charge in [-0.15, -0.1) is 11.3 Å². The highest BCUT2D eigenvalue weighted by Crippen LogP contribution is 2.43. The van der Waals surface area contributed by atoms with Gasteiger partial charge in [0.1, 0.15) is 11.1 Å². The summed E-state index contributed by atoms with van der Waals surface area (Å²) in [6, 6.07) is 48.8. The van der Waals surface area contributed by atoms with Gasteiger partial charge in [-0.2, -0.15) is 0 Å². The maximum atomic E-state index is 6.61. The van der Waals surface area contributed by atoms with Crippen LogP contribution in [0.15, 0.2) is 144 Å². The second-order valence-corrected chi connectivity index (χ2v) is 12.4. The summed E-state index contributed by atoms with van der Waals surface area (Å²) in [5.41, 5.74) is 9.02. The molecule has 0 bridgehead atoms. The number of furan rings is 1. The van der Waals surface area contributed by atoms with Crippen molar-refractivity contribution in [3.63, 3.8) is 0 Å². The third-order valence-corrected chi connectivity index (χ3v) is 10.00. The van der Waals surface area contributed by atoms with Crippen molar-refractivity contribution in [3.05, 3.63) is 140 Å². The van der Waals surface area contributed by atoms with E-state index in [0.29, 0.717) is 5.95 Å². The number of fused-ring (bicyclic) bond motifs is 10. The van der Waals surface area contributed by atoms with Crippen molar-refractivity contribution in [2.75, 3.05) is 0 Å². The Bertz CT molecular complexity index is 2770. The molecule has 0 radical (unpaired) electrons. The van der Waals surface area contributed by atoms with E-state index in [0.717, 1.165) is 76.2 Å². The van der Waals surface area contributed by atoms with Gasteiger partial charge in [0.15, 0.2) is 5.58 Å². The van der Waals surface area contributed by atoms with Crippen LogP contribution >= 0.6 is 11.3 Å². The van der Waals surface area contributed by atoms with Crippen molar-refractivity contribution in [3.8, 4) is 28.3 Å². The highest BCUT2D eigenvalue weighted by atomic mass is 32.1. The zero-order valence-corrected chi connectivity index (χ0v) is 24.8. The van der Waals surface area contributed by atoms with E-state index in [1.807, 2.05) is 12.1 Å². The van der Waals surface area contributed by atoms with E-state index in [4.69, 9.17) is 14.4 Å². The Hall–Kier alpha value is -5.78. The number of hydrogen-bond donors (Lipinski definition) is 0. The zero-order chi connectivity index (χ0) is 29.5. The number of nitrogens with zero attached hydrogens (tertiary/aromatic N) is 3. The fraction of sp³-hybridized carbons (Fsp3) is 0. The maximum absolute atomic E-state index is 6.61. The third-order valence-electron chi connectivity index (χ3n) is 8.83. The van der Waals surface area contributed by atoms with Gasteiger partial charge < -0.3 is 4.42 Å². The van der Waals surface area contributed by atoms with E-state index in [1.54, 1.807) is 11.3 Å². The SMILES string of the molecule is c1ccc(-c2cccc(-c3nc(-n4c5ccccc5c5ccc6c7ccccc7oc6c54)nc4c3sc3ccccc34)c2)cc1. The first-order chi connectivity index (χ1) is 22.3. The average Bonchev–Trinajstić information content (AvgIpc) is 3.78. The van der Waals surface area contributed by atoms with Gasteiger partial charge in [0.2, 0.25) is 5.95 Å². The summed E-state index contributed by atoms with van der Waals surface area (Å²) in [6.07, 6.45) is 0. The lowest BCUT2D eigenvalue weighted by Gasteiger charge is -2.11. The van der Waals surface area contributed by atoms with Crippen molar-refractivity contribution in [2.24, 2.45) is 0 Å². The number of thiophene rings is 1. The smallest absolute Gasteiger partial charge is 0.236 e. The van der Waals surface area contributed by atoms with Crippen molar-refractivity contribution >= 4 is 75.4 Å². The summed E-state index contributed by atoms with van der Waals surface area (Å²) < 4.78 is 11.1. The molecule has 0 aliphatic heterocycles. The Morgan fingerprint density at radius 1 is 0.533 bits per heavy atom. The molecule has 0 unspecified atom stereocenters. The highest BCUT2D eigenvalue weighted by Gasteiger charge is 2.23. The molecule has 4 heterocycles. The minimum absolute atomic E-state index is 0.630. The lowest BCUT2D eigenvalue weighted by molar-refractivity contribution is 0.671. The van der Waals surface area contributed by atoms with Gasteiger partial charge in [0.25, 0.3) is 0 Å². The van der Waals surface area contributed by atoms with Crippen molar-refractivity contribution in [2.45, 2.75) is 0 Å². The normalized spacial score (nSPS) is 12.0. The number of benzene rings is 6. The highest BCUT2D eigenvalue weighted by molar-refractivity contribution is 7.26. The van der Waals surface area contributed by atoms with Gasteiger partial charge in [-0.1, -0.05) is 109 Å². The van der Waals surface area contributed by atoms with Crippen LogP contribution in [0, 0.1) is 0 Å². The van der Waals surface area contributed by atoms with E-state index < -0.39 is 0 Å². The Labute approximate surface area is 261 Å². The van der Waals surface area contributed by atoms with Gasteiger partial charge in [-0.3, -0.25) is 4.57 Å². The molecule has 0 aliphatic rings. The molecule has 10 rings (SSSR count). The molecule has 45 heavy (non-hydrogen) atoms. The van der Waals surface area contributed by atoms with Crippen molar-refractivity contribution in [1.29, 1.82) is 0 Å². The Morgan fingerprint density at radius 2 is 1.24 bits per heavy atom. The second-order valence-electron chi connectivity index (χ2n) is 11.4. The molecule has 0 aliphatic carbocycles. The van der Waals surface area contributed by atoms with E-state index in [-0.39, 0.29) is 0 Å². The standard InChI is InChI=1S/C40H23N3OS/c1-2-11-24(12-3-1)25-13-10-14-26(23-25)35-39-36(31-17-6-9-20-34(31)45-39)42-40(41-35)43-32-18-7-4-15-27(32)29-21-22-30-28-16-5-8-19-33(28)44-38(30)37(29)43/h1-23H.